The summed E-state index contributed by atoms with van der Waals surface area (Å²) in [5, 5.41) is 4.22. The number of nitrogens with zero attached hydrogens (tertiary/aromatic N) is 1. The third-order valence-electron chi connectivity index (χ3n) is 3.08. The number of nitrogens with two attached hydrogens (primary N) is 1. The second kappa shape index (κ2) is 6.38. The summed E-state index contributed by atoms with van der Waals surface area (Å²) in [5.41, 5.74) is 10.7. The van der Waals surface area contributed by atoms with Crippen LogP contribution in [0.2, 0.25) is 0 Å². The number of rotatable bonds is 5. The monoisotopic (exact) mass is 259 g/mol. The maximum absolute atomic E-state index is 5.70. The summed E-state index contributed by atoms with van der Waals surface area (Å²) in [6.07, 6.45) is 3.96. The Hall–Kier alpha value is -1.81. The maximum atomic E-state index is 5.70. The lowest BCUT2D eigenvalue weighted by Gasteiger charge is -2.16. The molecule has 1 unspecified atom stereocenters. The van der Waals surface area contributed by atoms with Gasteiger partial charge in [0.1, 0.15) is 12.4 Å². The van der Waals surface area contributed by atoms with Gasteiger partial charge in [0.05, 0.1) is 11.8 Å². The smallest absolute Gasteiger partial charge is 0.132 e. The summed E-state index contributed by atoms with van der Waals surface area (Å²) in [4.78, 5) is 0. The summed E-state index contributed by atoms with van der Waals surface area (Å²) < 4.78 is 5.70. The Morgan fingerprint density at radius 3 is 2.58 bits per heavy atom. The molecule has 4 nitrogen and oxygen atoms in total. The Labute approximate surface area is 114 Å². The van der Waals surface area contributed by atoms with Crippen LogP contribution in [-0.2, 0) is 0 Å². The van der Waals surface area contributed by atoms with E-state index in [-0.39, 0.29) is 6.04 Å². The molecule has 3 N–H and O–H groups in total. The highest BCUT2D eigenvalue weighted by atomic mass is 16.5. The molecule has 1 heterocycles. The van der Waals surface area contributed by atoms with Crippen LogP contribution in [0.4, 0.5) is 0 Å². The molecular weight excluding hydrogens is 238 g/mol. The zero-order valence-electron chi connectivity index (χ0n) is 11.5. The number of hydrazone groups is 1. The lowest BCUT2D eigenvalue weighted by atomic mass is 10.0. The molecule has 0 aromatic heterocycles. The van der Waals surface area contributed by atoms with Gasteiger partial charge in [0.15, 0.2) is 0 Å². The van der Waals surface area contributed by atoms with Crippen LogP contribution in [0.15, 0.2) is 41.5 Å². The Bertz CT molecular complexity index is 463. The number of nitrogens with one attached hydrogen (secondary N) is 1. The van der Waals surface area contributed by atoms with Crippen LogP contribution in [0.3, 0.4) is 0 Å². The summed E-state index contributed by atoms with van der Waals surface area (Å²) in [6.45, 7) is 5.36. The van der Waals surface area contributed by atoms with Crippen molar-refractivity contribution in [2.75, 3.05) is 13.2 Å². The molecule has 1 aliphatic rings. The Morgan fingerprint density at radius 2 is 2.05 bits per heavy atom. The first kappa shape index (κ1) is 13.6. The van der Waals surface area contributed by atoms with Crippen molar-refractivity contribution < 1.29 is 4.74 Å². The van der Waals surface area contributed by atoms with E-state index >= 15 is 0 Å². The molecule has 0 amide bonds. The highest BCUT2D eigenvalue weighted by molar-refractivity contribution is 5.96. The summed E-state index contributed by atoms with van der Waals surface area (Å²) in [6, 6.07) is 8.33. The highest BCUT2D eigenvalue weighted by Crippen LogP contribution is 2.18. The second-order valence-electron chi connectivity index (χ2n) is 4.95. The molecule has 0 saturated heterocycles. The van der Waals surface area contributed by atoms with Crippen LogP contribution in [0.5, 0.6) is 5.75 Å². The minimum Gasteiger partial charge on any atom is -0.487 e. The van der Waals surface area contributed by atoms with Crippen LogP contribution in [0.25, 0.3) is 0 Å². The van der Waals surface area contributed by atoms with Gasteiger partial charge in [0.25, 0.3) is 0 Å². The first-order valence-corrected chi connectivity index (χ1v) is 6.62. The summed E-state index contributed by atoms with van der Waals surface area (Å²) in [7, 11) is 0. The minimum absolute atomic E-state index is 0.133. The predicted octanol–water partition coefficient (Wildman–Crippen LogP) is 2.03. The van der Waals surface area contributed by atoms with E-state index in [2.05, 4.69) is 36.5 Å². The van der Waals surface area contributed by atoms with Crippen molar-refractivity contribution in [2.45, 2.75) is 25.8 Å². The molecule has 1 aromatic rings. The number of hydrogen-bond donors (Lipinski definition) is 2. The Morgan fingerprint density at radius 1 is 1.32 bits per heavy atom. The normalized spacial score (nSPS) is 18.1. The van der Waals surface area contributed by atoms with Crippen molar-refractivity contribution >= 4 is 5.71 Å². The van der Waals surface area contributed by atoms with E-state index in [1.165, 1.54) is 5.56 Å². The number of hydrogen-bond acceptors (Lipinski definition) is 4. The van der Waals surface area contributed by atoms with Crippen LogP contribution >= 0.6 is 0 Å². The van der Waals surface area contributed by atoms with Gasteiger partial charge in [-0.3, -0.25) is 0 Å². The fourth-order valence-corrected chi connectivity index (χ4v) is 1.79. The zero-order valence-corrected chi connectivity index (χ0v) is 11.5. The minimum atomic E-state index is 0.133. The molecule has 19 heavy (non-hydrogen) atoms. The van der Waals surface area contributed by atoms with E-state index < -0.39 is 0 Å². The average molecular weight is 259 g/mol. The molecule has 4 heteroatoms. The standard InChI is InChI=1S/C15H21N3O/c1-11(2)12-3-7-15(8-4-12)19-10-14-6-5-13(9-16)17-18-14/h3-8,11,13,17H,9-10,16H2,1-2H3. The molecule has 1 aromatic carbocycles. The van der Waals surface area contributed by atoms with E-state index in [9.17, 15) is 0 Å². The molecule has 1 aliphatic heterocycles. The predicted molar refractivity (Wildman–Crippen MR) is 78.6 cm³/mol. The third kappa shape index (κ3) is 3.83. The molecule has 0 fully saturated rings. The Balaban J connectivity index is 1.86. The molecule has 0 radical (unpaired) electrons. The van der Waals surface area contributed by atoms with Crippen molar-refractivity contribution in [2.24, 2.45) is 10.8 Å². The quantitative estimate of drug-likeness (QED) is 0.850. The van der Waals surface area contributed by atoms with Crippen LogP contribution < -0.4 is 15.9 Å². The van der Waals surface area contributed by atoms with E-state index in [1.54, 1.807) is 0 Å². The van der Waals surface area contributed by atoms with Gasteiger partial charge >= 0.3 is 0 Å². The van der Waals surface area contributed by atoms with Crippen molar-refractivity contribution in [3.05, 3.63) is 42.0 Å². The molecule has 0 aliphatic carbocycles. The van der Waals surface area contributed by atoms with Crippen LogP contribution in [0.1, 0.15) is 25.3 Å². The van der Waals surface area contributed by atoms with Crippen molar-refractivity contribution in [3.63, 3.8) is 0 Å². The molecule has 1 atom stereocenters. The van der Waals surface area contributed by atoms with E-state index in [4.69, 9.17) is 10.5 Å². The van der Waals surface area contributed by atoms with Crippen molar-refractivity contribution in [1.29, 1.82) is 0 Å². The fourth-order valence-electron chi connectivity index (χ4n) is 1.79. The van der Waals surface area contributed by atoms with E-state index in [0.29, 0.717) is 19.1 Å². The van der Waals surface area contributed by atoms with Gasteiger partial charge in [-0.15, -0.1) is 0 Å². The van der Waals surface area contributed by atoms with Gasteiger partial charge in [-0.25, -0.2) is 0 Å². The van der Waals surface area contributed by atoms with Gasteiger partial charge in [0.2, 0.25) is 0 Å². The van der Waals surface area contributed by atoms with Crippen LogP contribution in [-0.4, -0.2) is 24.9 Å². The van der Waals surface area contributed by atoms with E-state index in [0.717, 1.165) is 11.5 Å². The highest BCUT2D eigenvalue weighted by Gasteiger charge is 2.07. The van der Waals surface area contributed by atoms with Crippen LogP contribution in [0, 0.1) is 0 Å². The van der Waals surface area contributed by atoms with E-state index in [1.807, 2.05) is 24.3 Å². The SMILES string of the molecule is CC(C)c1ccc(OCC2=NNC(CN)C=C2)cc1. The van der Waals surface area contributed by atoms with Gasteiger partial charge in [0, 0.05) is 6.54 Å². The summed E-state index contributed by atoms with van der Waals surface area (Å²) >= 11 is 0. The Kier molecular flexibility index (Phi) is 4.58. The molecule has 0 saturated carbocycles. The second-order valence-corrected chi connectivity index (χ2v) is 4.95. The third-order valence-corrected chi connectivity index (χ3v) is 3.08. The van der Waals surface area contributed by atoms with Crippen molar-refractivity contribution in [1.82, 2.24) is 5.43 Å². The van der Waals surface area contributed by atoms with Gasteiger partial charge in [-0.2, -0.15) is 5.10 Å². The zero-order chi connectivity index (χ0) is 13.7. The van der Waals surface area contributed by atoms with Gasteiger partial charge in [-0.05, 0) is 29.7 Å². The average Bonchev–Trinajstić information content (AvgIpc) is 2.46. The largest absolute Gasteiger partial charge is 0.487 e. The fraction of sp³-hybridized carbons (Fsp3) is 0.400. The molecule has 102 valence electrons. The van der Waals surface area contributed by atoms with Gasteiger partial charge < -0.3 is 15.9 Å². The molecule has 0 bridgehead atoms. The summed E-state index contributed by atoms with van der Waals surface area (Å²) in [5.74, 6) is 1.40. The molecule has 2 rings (SSSR count). The first-order chi connectivity index (χ1) is 9.19. The lowest BCUT2D eigenvalue weighted by molar-refractivity contribution is 0.375. The number of ether oxygens (including phenoxy) is 1. The lowest BCUT2D eigenvalue weighted by Crippen LogP contribution is -2.34. The molecular formula is C15H21N3O. The topological polar surface area (TPSA) is 59.6 Å². The maximum Gasteiger partial charge on any atom is 0.132 e. The first-order valence-electron chi connectivity index (χ1n) is 6.62. The number of benzene rings is 1. The van der Waals surface area contributed by atoms with Gasteiger partial charge in [-0.1, -0.05) is 32.1 Å². The van der Waals surface area contributed by atoms with Crippen molar-refractivity contribution in [3.8, 4) is 5.75 Å². The molecule has 0 spiro atoms.